The van der Waals surface area contributed by atoms with Crippen molar-refractivity contribution in [3.8, 4) is 10.8 Å². The molecular formula is C14H13N5O3S3. The van der Waals surface area contributed by atoms with Crippen LogP contribution in [-0.4, -0.2) is 31.6 Å². The van der Waals surface area contributed by atoms with E-state index < -0.39 is 5.76 Å². The number of carbonyl (C=O) groups excluding carboxylic acids is 1. The third-order valence-electron chi connectivity index (χ3n) is 2.87. The summed E-state index contributed by atoms with van der Waals surface area (Å²) < 4.78 is 6.99. The van der Waals surface area contributed by atoms with Crippen molar-refractivity contribution in [2.45, 2.75) is 17.3 Å². The molecular weight excluding hydrogens is 382 g/mol. The number of rotatable bonds is 8. The van der Waals surface area contributed by atoms with Crippen LogP contribution in [0.25, 0.3) is 10.8 Å². The number of anilines is 1. The van der Waals surface area contributed by atoms with Gasteiger partial charge in [0.2, 0.25) is 11.0 Å². The molecule has 0 radical (unpaired) electrons. The highest BCUT2D eigenvalue weighted by atomic mass is 32.2. The lowest BCUT2D eigenvalue weighted by atomic mass is 10.4. The van der Waals surface area contributed by atoms with E-state index in [1.54, 1.807) is 6.08 Å². The molecule has 0 aliphatic carbocycles. The van der Waals surface area contributed by atoms with E-state index in [1.807, 2.05) is 17.5 Å². The average Bonchev–Trinajstić information content (AvgIpc) is 3.32. The van der Waals surface area contributed by atoms with E-state index >= 15 is 0 Å². The molecule has 130 valence electrons. The van der Waals surface area contributed by atoms with Gasteiger partial charge in [-0.3, -0.25) is 4.79 Å². The smallest absolute Gasteiger partial charge is 0.387 e. The Hall–Kier alpha value is -2.24. The van der Waals surface area contributed by atoms with Gasteiger partial charge in [0.05, 0.1) is 11.4 Å². The molecule has 25 heavy (non-hydrogen) atoms. The second-order valence-corrected chi connectivity index (χ2v) is 7.84. The molecule has 8 nitrogen and oxygen atoms in total. The highest BCUT2D eigenvalue weighted by Gasteiger charge is 2.13. The number of nitrogens with zero attached hydrogens (tertiary/aromatic N) is 4. The number of nitrogens with one attached hydrogen (secondary N) is 1. The van der Waals surface area contributed by atoms with Gasteiger partial charge in [-0.05, 0) is 11.4 Å². The summed E-state index contributed by atoms with van der Waals surface area (Å²) in [4.78, 5) is 24.5. The fraction of sp³-hybridized carbons (Fsp3) is 0.214. The molecule has 0 spiro atoms. The Balaban J connectivity index is 1.55. The fourth-order valence-electron chi connectivity index (χ4n) is 1.79. The number of thioether (sulfide) groups is 1. The van der Waals surface area contributed by atoms with Crippen LogP contribution >= 0.6 is 34.4 Å². The first kappa shape index (κ1) is 17.6. The molecule has 1 amide bonds. The van der Waals surface area contributed by atoms with E-state index in [1.165, 1.54) is 34.4 Å². The van der Waals surface area contributed by atoms with Gasteiger partial charge >= 0.3 is 5.76 Å². The summed E-state index contributed by atoms with van der Waals surface area (Å²) in [5.74, 6) is 0.122. The third kappa shape index (κ3) is 4.65. The number of thiophene rings is 1. The predicted octanol–water partition coefficient (Wildman–Crippen LogP) is 2.72. The molecule has 3 aromatic rings. The first-order chi connectivity index (χ1) is 12.2. The summed E-state index contributed by atoms with van der Waals surface area (Å²) >= 11 is 4.20. The average molecular weight is 395 g/mol. The molecule has 0 fully saturated rings. The van der Waals surface area contributed by atoms with Crippen LogP contribution in [0.5, 0.6) is 0 Å². The first-order valence-corrected chi connectivity index (χ1v) is 9.83. The van der Waals surface area contributed by atoms with Crippen molar-refractivity contribution < 1.29 is 9.21 Å². The van der Waals surface area contributed by atoms with Gasteiger partial charge in [-0.2, -0.15) is 4.68 Å². The largest absolute Gasteiger partial charge is 0.437 e. The second-order valence-electron chi connectivity index (χ2n) is 4.64. The zero-order valence-electron chi connectivity index (χ0n) is 12.9. The van der Waals surface area contributed by atoms with Gasteiger partial charge in [0.1, 0.15) is 0 Å². The minimum Gasteiger partial charge on any atom is -0.387 e. The van der Waals surface area contributed by atoms with Gasteiger partial charge in [-0.1, -0.05) is 35.2 Å². The molecule has 0 aliphatic rings. The monoisotopic (exact) mass is 395 g/mol. The van der Waals surface area contributed by atoms with Crippen LogP contribution in [0.1, 0.15) is 6.42 Å². The Labute approximate surface area is 154 Å². The van der Waals surface area contributed by atoms with Crippen LogP contribution in [0.4, 0.5) is 5.13 Å². The molecule has 11 heteroatoms. The molecule has 3 rings (SSSR count). The highest BCUT2D eigenvalue weighted by Crippen LogP contribution is 2.25. The van der Waals surface area contributed by atoms with Crippen LogP contribution in [0, 0.1) is 0 Å². The lowest BCUT2D eigenvalue weighted by Crippen LogP contribution is -2.20. The SMILES string of the molecule is C=CCSc1nnc(NC(=O)CCn2nc(-c3cccs3)oc2=O)s1. The molecule has 0 aromatic carbocycles. The van der Waals surface area contributed by atoms with Crippen molar-refractivity contribution in [3.63, 3.8) is 0 Å². The van der Waals surface area contributed by atoms with Crippen molar-refractivity contribution in [3.05, 3.63) is 40.7 Å². The lowest BCUT2D eigenvalue weighted by Gasteiger charge is -1.99. The van der Waals surface area contributed by atoms with Crippen molar-refractivity contribution in [2.75, 3.05) is 11.1 Å². The molecule has 3 aromatic heterocycles. The predicted molar refractivity (Wildman–Crippen MR) is 98.2 cm³/mol. The maximum Gasteiger partial charge on any atom is 0.437 e. The molecule has 1 N–H and O–H groups in total. The number of aryl methyl sites for hydroxylation is 1. The Morgan fingerprint density at radius 1 is 1.48 bits per heavy atom. The fourth-order valence-corrected chi connectivity index (χ4v) is 3.96. The zero-order chi connectivity index (χ0) is 17.6. The molecule has 0 unspecified atom stereocenters. The number of carbonyl (C=O) groups is 1. The van der Waals surface area contributed by atoms with Gasteiger partial charge in [-0.15, -0.1) is 33.2 Å². The van der Waals surface area contributed by atoms with Crippen LogP contribution in [0.15, 0.2) is 43.7 Å². The topological polar surface area (TPSA) is 103 Å². The number of aromatic nitrogens is 4. The van der Waals surface area contributed by atoms with Crippen molar-refractivity contribution >= 4 is 45.5 Å². The first-order valence-electron chi connectivity index (χ1n) is 7.14. The van der Waals surface area contributed by atoms with E-state index in [-0.39, 0.29) is 24.8 Å². The number of amides is 1. The van der Waals surface area contributed by atoms with Gasteiger partial charge < -0.3 is 9.73 Å². The maximum absolute atomic E-state index is 12.0. The van der Waals surface area contributed by atoms with E-state index in [9.17, 15) is 9.59 Å². The molecule has 0 bridgehead atoms. The molecule has 3 heterocycles. The number of hydrogen-bond donors (Lipinski definition) is 1. The second kappa shape index (κ2) is 8.23. The summed E-state index contributed by atoms with van der Waals surface area (Å²) in [5, 5.41) is 16.9. The van der Waals surface area contributed by atoms with Crippen LogP contribution in [0.2, 0.25) is 0 Å². The summed E-state index contributed by atoms with van der Waals surface area (Å²) in [6.45, 7) is 3.76. The quantitative estimate of drug-likeness (QED) is 0.355. The van der Waals surface area contributed by atoms with E-state index in [0.29, 0.717) is 5.13 Å². The van der Waals surface area contributed by atoms with Gasteiger partial charge in [0.25, 0.3) is 5.89 Å². The maximum atomic E-state index is 12.0. The molecule has 0 aliphatic heterocycles. The van der Waals surface area contributed by atoms with Crippen LogP contribution < -0.4 is 11.1 Å². The van der Waals surface area contributed by atoms with Crippen LogP contribution in [0.3, 0.4) is 0 Å². The lowest BCUT2D eigenvalue weighted by molar-refractivity contribution is -0.116. The molecule has 0 atom stereocenters. The molecule has 0 saturated heterocycles. The minimum absolute atomic E-state index is 0.0744. The van der Waals surface area contributed by atoms with Crippen molar-refractivity contribution in [1.29, 1.82) is 0 Å². The van der Waals surface area contributed by atoms with E-state index in [4.69, 9.17) is 4.42 Å². The normalized spacial score (nSPS) is 10.7. The standard InChI is InChI=1S/C14H13N5O3S3/c1-2-7-24-13-17-16-12(25-13)15-10(20)5-6-19-14(21)22-11(18-19)9-4-3-8-23-9/h2-4,8H,1,5-7H2,(H,15,16,20). The number of hydrogen-bond acceptors (Lipinski definition) is 9. The van der Waals surface area contributed by atoms with Gasteiger partial charge in [0.15, 0.2) is 4.34 Å². The van der Waals surface area contributed by atoms with Crippen LogP contribution in [-0.2, 0) is 11.3 Å². The van der Waals surface area contributed by atoms with E-state index in [0.717, 1.165) is 19.7 Å². The summed E-state index contributed by atoms with van der Waals surface area (Å²) in [6, 6.07) is 3.65. The van der Waals surface area contributed by atoms with Gasteiger partial charge in [-0.25, -0.2) is 4.79 Å². The Morgan fingerprint density at radius 2 is 2.36 bits per heavy atom. The van der Waals surface area contributed by atoms with E-state index in [2.05, 4.69) is 27.2 Å². The Morgan fingerprint density at radius 3 is 3.12 bits per heavy atom. The van der Waals surface area contributed by atoms with Crippen molar-refractivity contribution in [2.24, 2.45) is 0 Å². The Kier molecular flexibility index (Phi) is 5.79. The summed E-state index contributed by atoms with van der Waals surface area (Å²) in [7, 11) is 0. The van der Waals surface area contributed by atoms with Gasteiger partial charge in [0, 0.05) is 12.2 Å². The zero-order valence-corrected chi connectivity index (χ0v) is 15.3. The molecule has 0 saturated carbocycles. The third-order valence-corrected chi connectivity index (χ3v) is 5.69. The summed E-state index contributed by atoms with van der Waals surface area (Å²) in [6.07, 6.45) is 1.84. The highest BCUT2D eigenvalue weighted by molar-refractivity contribution is 8.01. The minimum atomic E-state index is -0.588. The summed E-state index contributed by atoms with van der Waals surface area (Å²) in [5.41, 5.74) is 0. The Bertz CT molecular complexity index is 912. The van der Waals surface area contributed by atoms with Crippen molar-refractivity contribution in [1.82, 2.24) is 20.0 Å².